The Balaban J connectivity index is 1.57. The number of hydrogen-bond acceptors (Lipinski definition) is 3. The second kappa shape index (κ2) is 7.24. The van der Waals surface area contributed by atoms with Crippen LogP contribution in [0, 0.1) is 11.3 Å². The first-order valence-corrected chi connectivity index (χ1v) is 11.5. The van der Waals surface area contributed by atoms with Crippen LogP contribution in [0.25, 0.3) is 60.6 Å². The van der Waals surface area contributed by atoms with Gasteiger partial charge >= 0.3 is 0 Å². The monoisotopic (exact) mass is 449 g/mol. The number of aromatic nitrogens is 1. The minimum absolute atomic E-state index is 0.617. The second-order valence-corrected chi connectivity index (χ2v) is 8.78. The summed E-state index contributed by atoms with van der Waals surface area (Å²) in [5.74, 6) is 0. The predicted molar refractivity (Wildman–Crippen MR) is 143 cm³/mol. The lowest BCUT2D eigenvalue weighted by atomic mass is 9.98. The molecule has 0 aliphatic carbocycles. The summed E-state index contributed by atoms with van der Waals surface area (Å²) in [6, 6.07) is 37.0. The summed E-state index contributed by atoms with van der Waals surface area (Å²) >= 11 is 0. The molecule has 2 aromatic heterocycles. The highest BCUT2D eigenvalue weighted by molar-refractivity contribution is 6.10. The van der Waals surface area contributed by atoms with Gasteiger partial charge in [-0.15, -0.1) is 0 Å². The van der Waals surface area contributed by atoms with E-state index in [2.05, 4.69) is 71.3 Å². The average Bonchev–Trinajstić information content (AvgIpc) is 3.43. The Hall–Kier alpha value is -5.01. The fourth-order valence-corrected chi connectivity index (χ4v) is 5.18. The molecule has 0 spiro atoms. The van der Waals surface area contributed by atoms with Crippen LogP contribution in [-0.2, 0) is 0 Å². The maximum atomic E-state index is 9.70. The van der Waals surface area contributed by atoms with E-state index in [0.717, 1.165) is 49.8 Å². The number of hydrogen-bond donors (Lipinski definition) is 1. The molecular formula is C31H19N3O. The van der Waals surface area contributed by atoms with Gasteiger partial charge in [-0.1, -0.05) is 42.5 Å². The molecule has 0 amide bonds. The molecule has 0 saturated heterocycles. The van der Waals surface area contributed by atoms with E-state index < -0.39 is 0 Å². The van der Waals surface area contributed by atoms with Gasteiger partial charge < -0.3 is 14.7 Å². The lowest BCUT2D eigenvalue weighted by molar-refractivity contribution is 0.669. The fraction of sp³-hybridized carbons (Fsp3) is 0. The quantitative estimate of drug-likeness (QED) is 0.274. The van der Waals surface area contributed by atoms with Crippen molar-refractivity contribution in [3.05, 3.63) is 109 Å². The molecule has 35 heavy (non-hydrogen) atoms. The lowest BCUT2D eigenvalue weighted by Crippen LogP contribution is -1.98. The van der Waals surface area contributed by atoms with Crippen LogP contribution in [0.2, 0.25) is 0 Å². The van der Waals surface area contributed by atoms with Gasteiger partial charge in [-0.3, -0.25) is 0 Å². The number of nitriles is 1. The number of nitrogens with zero attached hydrogens (tertiary/aromatic N) is 2. The molecule has 7 aromatic rings. The number of benzene rings is 5. The third-order valence-electron chi connectivity index (χ3n) is 6.75. The van der Waals surface area contributed by atoms with Crippen molar-refractivity contribution in [1.29, 1.82) is 5.26 Å². The van der Waals surface area contributed by atoms with Crippen molar-refractivity contribution in [3.8, 4) is 22.9 Å². The summed E-state index contributed by atoms with van der Waals surface area (Å²) in [5, 5.41) is 14.1. The summed E-state index contributed by atoms with van der Waals surface area (Å²) in [7, 11) is 0. The van der Waals surface area contributed by atoms with Gasteiger partial charge in [0.15, 0.2) is 0 Å². The van der Waals surface area contributed by atoms with Gasteiger partial charge in [0.1, 0.15) is 11.2 Å². The van der Waals surface area contributed by atoms with Gasteiger partial charge in [0.25, 0.3) is 0 Å². The fourth-order valence-electron chi connectivity index (χ4n) is 5.18. The summed E-state index contributed by atoms with van der Waals surface area (Å²) in [4.78, 5) is 0. The molecule has 5 aromatic carbocycles. The maximum Gasteiger partial charge on any atom is 0.135 e. The molecule has 0 fully saturated rings. The maximum absolute atomic E-state index is 9.70. The van der Waals surface area contributed by atoms with Gasteiger partial charge in [0, 0.05) is 32.8 Å². The molecule has 0 unspecified atom stereocenters. The first kappa shape index (κ1) is 19.5. The van der Waals surface area contributed by atoms with E-state index in [1.165, 1.54) is 10.8 Å². The molecule has 2 N–H and O–H groups in total. The predicted octanol–water partition coefficient (Wildman–Crippen LogP) is 7.80. The number of anilines is 1. The Morgan fingerprint density at radius 2 is 1.31 bits per heavy atom. The van der Waals surface area contributed by atoms with Crippen LogP contribution < -0.4 is 5.73 Å². The molecular weight excluding hydrogens is 430 g/mol. The van der Waals surface area contributed by atoms with Crippen molar-refractivity contribution in [2.45, 2.75) is 0 Å². The van der Waals surface area contributed by atoms with Crippen LogP contribution in [-0.4, -0.2) is 4.57 Å². The zero-order valence-electron chi connectivity index (χ0n) is 18.7. The van der Waals surface area contributed by atoms with Crippen molar-refractivity contribution in [1.82, 2.24) is 4.57 Å². The third kappa shape index (κ3) is 2.86. The largest absolute Gasteiger partial charge is 0.456 e. The van der Waals surface area contributed by atoms with Gasteiger partial charge in [-0.05, 0) is 66.2 Å². The van der Waals surface area contributed by atoms with Gasteiger partial charge in [0.05, 0.1) is 28.4 Å². The first-order valence-electron chi connectivity index (χ1n) is 11.5. The Bertz CT molecular complexity index is 1930. The molecule has 0 atom stereocenters. The Kier molecular flexibility index (Phi) is 4.03. The van der Waals surface area contributed by atoms with E-state index in [4.69, 9.17) is 10.2 Å². The van der Waals surface area contributed by atoms with E-state index in [-0.39, 0.29) is 0 Å². The standard InChI is InChI=1S/C31H19N3O/c32-18-19-9-12-29(34-27-7-3-1-5-22(27)23-6-2-4-8-28(23)34)24(15-19)20-10-13-30-25(16-20)26-17-21(33)11-14-31(26)35-30/h1-17H,33H2. The van der Waals surface area contributed by atoms with Crippen LogP contribution in [0.3, 0.4) is 0 Å². The van der Waals surface area contributed by atoms with E-state index in [1.54, 1.807) is 0 Å². The highest BCUT2D eigenvalue weighted by atomic mass is 16.3. The molecule has 0 bridgehead atoms. The molecule has 0 aliphatic heterocycles. The molecule has 7 rings (SSSR count). The van der Waals surface area contributed by atoms with Crippen molar-refractivity contribution in [2.24, 2.45) is 0 Å². The van der Waals surface area contributed by atoms with Gasteiger partial charge in [-0.25, -0.2) is 0 Å². The second-order valence-electron chi connectivity index (χ2n) is 8.78. The van der Waals surface area contributed by atoms with Crippen molar-refractivity contribution in [3.63, 3.8) is 0 Å². The molecule has 2 heterocycles. The first-order chi connectivity index (χ1) is 17.2. The average molecular weight is 450 g/mol. The Morgan fingerprint density at radius 3 is 2.03 bits per heavy atom. The lowest BCUT2D eigenvalue weighted by Gasteiger charge is -2.14. The number of fused-ring (bicyclic) bond motifs is 6. The zero-order chi connectivity index (χ0) is 23.5. The molecule has 164 valence electrons. The minimum atomic E-state index is 0.617. The van der Waals surface area contributed by atoms with Crippen LogP contribution in [0.1, 0.15) is 5.56 Å². The third-order valence-corrected chi connectivity index (χ3v) is 6.75. The van der Waals surface area contributed by atoms with Crippen LogP contribution in [0.5, 0.6) is 0 Å². The molecule has 0 saturated carbocycles. The van der Waals surface area contributed by atoms with E-state index in [1.807, 2.05) is 42.5 Å². The zero-order valence-corrected chi connectivity index (χ0v) is 18.7. The topological polar surface area (TPSA) is 67.9 Å². The van der Waals surface area contributed by atoms with E-state index in [9.17, 15) is 5.26 Å². The highest BCUT2D eigenvalue weighted by Gasteiger charge is 2.17. The molecule has 4 nitrogen and oxygen atoms in total. The van der Waals surface area contributed by atoms with Crippen LogP contribution in [0.4, 0.5) is 5.69 Å². The number of rotatable bonds is 2. The van der Waals surface area contributed by atoms with Crippen LogP contribution in [0.15, 0.2) is 108 Å². The van der Waals surface area contributed by atoms with Crippen molar-refractivity contribution in [2.75, 3.05) is 5.73 Å². The van der Waals surface area contributed by atoms with Crippen molar-refractivity contribution >= 4 is 49.4 Å². The smallest absolute Gasteiger partial charge is 0.135 e. The summed E-state index contributed by atoms with van der Waals surface area (Å²) in [6.07, 6.45) is 0. The minimum Gasteiger partial charge on any atom is -0.456 e. The van der Waals surface area contributed by atoms with E-state index in [0.29, 0.717) is 11.3 Å². The number of furan rings is 1. The summed E-state index contributed by atoms with van der Waals surface area (Å²) in [6.45, 7) is 0. The van der Waals surface area contributed by atoms with Crippen molar-refractivity contribution < 1.29 is 4.42 Å². The van der Waals surface area contributed by atoms with Crippen LogP contribution >= 0.6 is 0 Å². The van der Waals surface area contributed by atoms with E-state index >= 15 is 0 Å². The SMILES string of the molecule is N#Cc1ccc(-n2c3ccccc3c3ccccc32)c(-c2ccc3oc4ccc(N)cc4c3c2)c1. The summed E-state index contributed by atoms with van der Waals surface area (Å²) < 4.78 is 8.34. The molecule has 4 heteroatoms. The highest BCUT2D eigenvalue weighted by Crippen LogP contribution is 2.39. The summed E-state index contributed by atoms with van der Waals surface area (Å²) in [5.41, 5.74) is 14.3. The Labute approximate surface area is 201 Å². The van der Waals surface area contributed by atoms with Gasteiger partial charge in [0.2, 0.25) is 0 Å². The molecule has 0 aliphatic rings. The number of nitrogens with two attached hydrogens (primary N) is 1. The van der Waals surface area contributed by atoms with Gasteiger partial charge in [-0.2, -0.15) is 5.26 Å². The number of para-hydroxylation sites is 2. The number of nitrogen functional groups attached to an aromatic ring is 1. The Morgan fingerprint density at radius 1 is 0.657 bits per heavy atom. The molecule has 0 radical (unpaired) electrons. The normalized spacial score (nSPS) is 11.5.